The number of thioether (sulfide) groups is 1. The molecule has 22 heavy (non-hydrogen) atoms. The topological polar surface area (TPSA) is 37.4 Å². The Bertz CT molecular complexity index is 688. The van der Waals surface area contributed by atoms with Gasteiger partial charge in [-0.15, -0.1) is 11.8 Å². The number of hydrogen-bond acceptors (Lipinski definition) is 3. The van der Waals surface area contributed by atoms with Crippen molar-refractivity contribution in [3.05, 3.63) is 65.2 Å². The molecule has 1 aliphatic rings. The normalized spacial score (nSPS) is 18.0. The molecular weight excluding hydrogens is 318 g/mol. The van der Waals surface area contributed by atoms with Gasteiger partial charge in [-0.3, -0.25) is 9.59 Å². The third-order valence-corrected chi connectivity index (χ3v) is 5.01. The number of carbonyl (C=O) groups excluding carboxylic acids is 2. The summed E-state index contributed by atoms with van der Waals surface area (Å²) in [5.74, 6) is 0.420. The minimum atomic E-state index is -0.316. The smallest absolute Gasteiger partial charge is 0.247 e. The summed E-state index contributed by atoms with van der Waals surface area (Å²) in [4.78, 5) is 25.9. The molecule has 0 spiro atoms. The third kappa shape index (κ3) is 3.18. The summed E-state index contributed by atoms with van der Waals surface area (Å²) in [5.41, 5.74) is 1.74. The Balaban J connectivity index is 1.68. The molecule has 2 amide bonds. The molecule has 0 aromatic heterocycles. The number of carbonyl (C=O) groups is 2. The summed E-state index contributed by atoms with van der Waals surface area (Å²) >= 11 is 7.35. The monoisotopic (exact) mass is 331 g/mol. The molecule has 2 aromatic rings. The van der Waals surface area contributed by atoms with Crippen LogP contribution < -0.4 is 4.90 Å². The minimum absolute atomic E-state index is 0.129. The van der Waals surface area contributed by atoms with Gasteiger partial charge >= 0.3 is 0 Å². The molecule has 0 aliphatic carbocycles. The van der Waals surface area contributed by atoms with Gasteiger partial charge in [0.1, 0.15) is 0 Å². The molecular formula is C17H14ClNO2S. The summed E-state index contributed by atoms with van der Waals surface area (Å²) in [6.07, 6.45) is 0.256. The lowest BCUT2D eigenvalue weighted by atomic mass is 10.2. The summed E-state index contributed by atoms with van der Waals surface area (Å²) in [7, 11) is 0. The van der Waals surface area contributed by atoms with Crippen LogP contribution in [0.25, 0.3) is 0 Å². The number of para-hydroxylation sites is 1. The number of amides is 2. The maximum absolute atomic E-state index is 12.5. The molecule has 112 valence electrons. The fourth-order valence-corrected chi connectivity index (χ4v) is 3.58. The van der Waals surface area contributed by atoms with E-state index in [1.54, 1.807) is 12.1 Å². The van der Waals surface area contributed by atoms with E-state index >= 15 is 0 Å². The van der Waals surface area contributed by atoms with Crippen molar-refractivity contribution < 1.29 is 9.59 Å². The molecule has 1 aliphatic heterocycles. The van der Waals surface area contributed by atoms with Crippen LogP contribution in [0.2, 0.25) is 5.02 Å². The molecule has 0 N–H and O–H groups in total. The molecule has 1 saturated heterocycles. The van der Waals surface area contributed by atoms with Crippen molar-refractivity contribution in [2.75, 3.05) is 4.90 Å². The Hall–Kier alpha value is -1.78. The Morgan fingerprint density at radius 3 is 2.41 bits per heavy atom. The number of halogens is 1. The third-order valence-electron chi connectivity index (χ3n) is 3.48. The number of nitrogens with zero attached hydrogens (tertiary/aromatic N) is 1. The average molecular weight is 332 g/mol. The maximum Gasteiger partial charge on any atom is 0.247 e. The molecule has 2 aromatic carbocycles. The lowest BCUT2D eigenvalue weighted by Gasteiger charge is -2.14. The molecule has 1 unspecified atom stereocenters. The Kier molecular flexibility index (Phi) is 4.50. The van der Waals surface area contributed by atoms with E-state index < -0.39 is 0 Å². The highest BCUT2D eigenvalue weighted by atomic mass is 35.5. The SMILES string of the molecule is O=C1CC(SCc2ccc(Cl)cc2)C(=O)N1c1ccccc1. The Morgan fingerprint density at radius 2 is 1.73 bits per heavy atom. The zero-order valence-corrected chi connectivity index (χ0v) is 13.3. The van der Waals surface area contributed by atoms with Gasteiger partial charge in [0.15, 0.2) is 0 Å². The van der Waals surface area contributed by atoms with Crippen LogP contribution in [0.4, 0.5) is 5.69 Å². The number of rotatable bonds is 4. The van der Waals surface area contributed by atoms with Crippen LogP contribution in [-0.4, -0.2) is 17.1 Å². The first-order valence-corrected chi connectivity index (χ1v) is 8.36. The summed E-state index contributed by atoms with van der Waals surface area (Å²) in [6, 6.07) is 16.6. The molecule has 3 rings (SSSR count). The van der Waals surface area contributed by atoms with E-state index in [1.165, 1.54) is 16.7 Å². The second kappa shape index (κ2) is 6.55. The highest BCUT2D eigenvalue weighted by molar-refractivity contribution is 7.99. The lowest BCUT2D eigenvalue weighted by Crippen LogP contribution is -2.31. The van der Waals surface area contributed by atoms with Gasteiger partial charge < -0.3 is 0 Å². The maximum atomic E-state index is 12.5. The van der Waals surface area contributed by atoms with Gasteiger partial charge in [-0.05, 0) is 29.8 Å². The van der Waals surface area contributed by atoms with Crippen LogP contribution in [0, 0.1) is 0 Å². The first-order chi connectivity index (χ1) is 10.6. The van der Waals surface area contributed by atoms with Crippen LogP contribution in [-0.2, 0) is 15.3 Å². The number of imide groups is 1. The highest BCUT2D eigenvalue weighted by Crippen LogP contribution is 2.31. The predicted molar refractivity (Wildman–Crippen MR) is 90.1 cm³/mol. The van der Waals surface area contributed by atoms with Crippen molar-refractivity contribution in [3.63, 3.8) is 0 Å². The second-order valence-electron chi connectivity index (χ2n) is 5.03. The van der Waals surface area contributed by atoms with E-state index in [9.17, 15) is 9.59 Å². The van der Waals surface area contributed by atoms with Gasteiger partial charge in [0.2, 0.25) is 11.8 Å². The van der Waals surface area contributed by atoms with Crippen molar-refractivity contribution >= 4 is 40.9 Å². The molecule has 1 atom stereocenters. The van der Waals surface area contributed by atoms with Crippen LogP contribution in [0.3, 0.4) is 0 Å². The van der Waals surface area contributed by atoms with E-state index in [0.717, 1.165) is 5.56 Å². The quantitative estimate of drug-likeness (QED) is 0.797. The minimum Gasteiger partial charge on any atom is -0.274 e. The van der Waals surface area contributed by atoms with Gasteiger partial charge in [-0.25, -0.2) is 4.90 Å². The first kappa shape index (κ1) is 15.1. The number of anilines is 1. The van der Waals surface area contributed by atoms with Crippen LogP contribution in [0.15, 0.2) is 54.6 Å². The van der Waals surface area contributed by atoms with Gasteiger partial charge in [0.25, 0.3) is 0 Å². The zero-order chi connectivity index (χ0) is 15.5. The van der Waals surface area contributed by atoms with E-state index in [-0.39, 0.29) is 23.5 Å². The van der Waals surface area contributed by atoms with E-state index in [2.05, 4.69) is 0 Å². The standard InChI is InChI=1S/C17H14ClNO2S/c18-13-8-6-12(7-9-13)11-22-15-10-16(20)19(17(15)21)14-4-2-1-3-5-14/h1-9,15H,10-11H2. The predicted octanol–water partition coefficient (Wildman–Crippen LogP) is 3.91. The van der Waals surface area contributed by atoms with Gasteiger partial charge in [-0.2, -0.15) is 0 Å². The van der Waals surface area contributed by atoms with Crippen molar-refractivity contribution in [1.29, 1.82) is 0 Å². The summed E-state index contributed by atoms with van der Waals surface area (Å²) < 4.78 is 0. The Morgan fingerprint density at radius 1 is 1.05 bits per heavy atom. The summed E-state index contributed by atoms with van der Waals surface area (Å²) in [5, 5.41) is 0.375. The lowest BCUT2D eigenvalue weighted by molar-refractivity contribution is -0.121. The first-order valence-electron chi connectivity index (χ1n) is 6.93. The van der Waals surface area contributed by atoms with Gasteiger partial charge in [0.05, 0.1) is 10.9 Å². The van der Waals surface area contributed by atoms with Gasteiger partial charge in [0, 0.05) is 17.2 Å². The van der Waals surface area contributed by atoms with E-state index in [4.69, 9.17) is 11.6 Å². The van der Waals surface area contributed by atoms with Crippen molar-refractivity contribution in [2.45, 2.75) is 17.4 Å². The summed E-state index contributed by atoms with van der Waals surface area (Å²) in [6.45, 7) is 0. The molecule has 0 radical (unpaired) electrons. The van der Waals surface area contributed by atoms with Crippen LogP contribution in [0.1, 0.15) is 12.0 Å². The van der Waals surface area contributed by atoms with Crippen molar-refractivity contribution in [3.8, 4) is 0 Å². The van der Waals surface area contributed by atoms with Gasteiger partial charge in [-0.1, -0.05) is 41.9 Å². The number of benzene rings is 2. The van der Waals surface area contributed by atoms with E-state index in [1.807, 2.05) is 42.5 Å². The zero-order valence-electron chi connectivity index (χ0n) is 11.7. The van der Waals surface area contributed by atoms with Crippen molar-refractivity contribution in [2.24, 2.45) is 0 Å². The molecule has 5 heteroatoms. The van der Waals surface area contributed by atoms with E-state index in [0.29, 0.717) is 16.5 Å². The molecule has 0 saturated carbocycles. The Labute approximate surface area is 138 Å². The average Bonchev–Trinajstić information content (AvgIpc) is 2.82. The molecule has 3 nitrogen and oxygen atoms in total. The van der Waals surface area contributed by atoms with Crippen molar-refractivity contribution in [1.82, 2.24) is 0 Å². The number of hydrogen-bond donors (Lipinski definition) is 0. The second-order valence-corrected chi connectivity index (χ2v) is 6.66. The van der Waals surface area contributed by atoms with Crippen LogP contribution >= 0.6 is 23.4 Å². The highest BCUT2D eigenvalue weighted by Gasteiger charge is 2.39. The molecule has 1 fully saturated rings. The fourth-order valence-electron chi connectivity index (χ4n) is 2.36. The van der Waals surface area contributed by atoms with Crippen LogP contribution in [0.5, 0.6) is 0 Å². The largest absolute Gasteiger partial charge is 0.274 e. The molecule has 1 heterocycles. The molecule has 0 bridgehead atoms. The fraction of sp³-hybridized carbons (Fsp3) is 0.176.